The van der Waals surface area contributed by atoms with E-state index < -0.39 is 11.7 Å². The van der Waals surface area contributed by atoms with Crippen LogP contribution in [0.1, 0.15) is 20.8 Å². The molecule has 1 atom stereocenters. The van der Waals surface area contributed by atoms with Crippen molar-refractivity contribution in [2.24, 2.45) is 0 Å². The average molecular weight is 322 g/mol. The number of carbonyl (C=O) groups excluding carboxylic acids is 1. The van der Waals surface area contributed by atoms with E-state index in [9.17, 15) is 4.79 Å². The SMILES string of the molecule is CN1NC=C(Br)C1OCCNC(=O)OC(C)(C)C. The first-order valence-corrected chi connectivity index (χ1v) is 6.52. The summed E-state index contributed by atoms with van der Waals surface area (Å²) in [5.41, 5.74) is 2.51. The first-order valence-electron chi connectivity index (χ1n) is 5.72. The molecule has 0 spiro atoms. The fraction of sp³-hybridized carbons (Fsp3) is 0.727. The van der Waals surface area contributed by atoms with Gasteiger partial charge in [-0.15, -0.1) is 0 Å². The Kier molecular flexibility index (Phi) is 5.43. The van der Waals surface area contributed by atoms with Crippen molar-refractivity contribution >= 4 is 22.0 Å². The van der Waals surface area contributed by atoms with Gasteiger partial charge in [0.25, 0.3) is 0 Å². The summed E-state index contributed by atoms with van der Waals surface area (Å²) in [5, 5.41) is 4.45. The summed E-state index contributed by atoms with van der Waals surface area (Å²) in [4.78, 5) is 11.4. The lowest BCUT2D eigenvalue weighted by molar-refractivity contribution is -0.0209. The van der Waals surface area contributed by atoms with Crippen LogP contribution in [-0.2, 0) is 9.47 Å². The van der Waals surface area contributed by atoms with Crippen molar-refractivity contribution in [2.45, 2.75) is 32.6 Å². The number of carbonyl (C=O) groups is 1. The Bertz CT molecular complexity index is 328. The van der Waals surface area contributed by atoms with Crippen molar-refractivity contribution < 1.29 is 14.3 Å². The number of hydrogen-bond donors (Lipinski definition) is 2. The second-order valence-electron chi connectivity index (χ2n) is 4.92. The van der Waals surface area contributed by atoms with Crippen molar-refractivity contribution in [3.63, 3.8) is 0 Å². The number of hydrazine groups is 1. The second kappa shape index (κ2) is 6.40. The minimum atomic E-state index is -0.480. The highest BCUT2D eigenvalue weighted by atomic mass is 79.9. The average Bonchev–Trinajstić information content (AvgIpc) is 2.52. The lowest BCUT2D eigenvalue weighted by Crippen LogP contribution is -2.38. The van der Waals surface area contributed by atoms with Crippen LogP contribution in [0.25, 0.3) is 0 Å². The zero-order valence-corrected chi connectivity index (χ0v) is 12.7. The number of likely N-dealkylation sites (N-methyl/N-ethyl adjacent to an activating group) is 1. The highest BCUT2D eigenvalue weighted by Gasteiger charge is 2.23. The molecule has 7 heteroatoms. The molecule has 0 radical (unpaired) electrons. The Morgan fingerprint density at radius 3 is 2.78 bits per heavy atom. The summed E-state index contributed by atoms with van der Waals surface area (Å²) in [7, 11) is 1.87. The van der Waals surface area contributed by atoms with Gasteiger partial charge in [-0.25, -0.2) is 4.79 Å². The smallest absolute Gasteiger partial charge is 0.407 e. The highest BCUT2D eigenvalue weighted by molar-refractivity contribution is 9.11. The van der Waals surface area contributed by atoms with Crippen LogP contribution < -0.4 is 10.7 Å². The normalized spacial score (nSPS) is 20.3. The lowest BCUT2D eigenvalue weighted by atomic mass is 10.2. The molecule has 1 unspecified atom stereocenters. The fourth-order valence-corrected chi connectivity index (χ4v) is 1.86. The second-order valence-corrected chi connectivity index (χ2v) is 5.84. The van der Waals surface area contributed by atoms with Crippen LogP contribution in [0.5, 0.6) is 0 Å². The van der Waals surface area contributed by atoms with E-state index in [4.69, 9.17) is 9.47 Å². The standard InChI is InChI=1S/C11H20BrN3O3/c1-11(2,3)18-10(16)13-5-6-17-9-8(12)7-14-15(9)4/h7,9,14H,5-6H2,1-4H3,(H,13,16). The quantitative estimate of drug-likeness (QED) is 0.769. The summed E-state index contributed by atoms with van der Waals surface area (Å²) in [6.07, 6.45) is 1.22. The van der Waals surface area contributed by atoms with E-state index in [0.29, 0.717) is 13.2 Å². The van der Waals surface area contributed by atoms with E-state index in [2.05, 4.69) is 26.7 Å². The van der Waals surface area contributed by atoms with E-state index in [1.54, 1.807) is 0 Å². The largest absolute Gasteiger partial charge is 0.444 e. The molecule has 0 aromatic rings. The van der Waals surface area contributed by atoms with Crippen LogP contribution in [0.15, 0.2) is 10.7 Å². The molecule has 0 saturated carbocycles. The Balaban J connectivity index is 2.16. The number of ether oxygens (including phenoxy) is 2. The summed E-state index contributed by atoms with van der Waals surface area (Å²) in [5.74, 6) is 0. The topological polar surface area (TPSA) is 62.8 Å². The lowest BCUT2D eigenvalue weighted by Gasteiger charge is -2.22. The highest BCUT2D eigenvalue weighted by Crippen LogP contribution is 2.19. The predicted molar refractivity (Wildman–Crippen MR) is 71.9 cm³/mol. The Morgan fingerprint density at radius 1 is 1.61 bits per heavy atom. The molecular weight excluding hydrogens is 302 g/mol. The molecule has 2 N–H and O–H groups in total. The molecule has 1 aliphatic heterocycles. The van der Waals surface area contributed by atoms with Gasteiger partial charge in [0.15, 0.2) is 6.23 Å². The minimum absolute atomic E-state index is 0.162. The first kappa shape index (κ1) is 15.3. The van der Waals surface area contributed by atoms with Crippen molar-refractivity contribution in [1.29, 1.82) is 0 Å². The maximum absolute atomic E-state index is 11.4. The van der Waals surface area contributed by atoms with Crippen LogP contribution in [0, 0.1) is 0 Å². The van der Waals surface area contributed by atoms with Gasteiger partial charge in [-0.05, 0) is 36.7 Å². The summed E-state index contributed by atoms with van der Waals surface area (Å²) < 4.78 is 11.6. The van der Waals surface area contributed by atoms with Crippen molar-refractivity contribution in [1.82, 2.24) is 15.8 Å². The Labute approximate surface area is 116 Å². The fourth-order valence-electron chi connectivity index (χ4n) is 1.32. The van der Waals surface area contributed by atoms with Crippen molar-refractivity contribution in [3.8, 4) is 0 Å². The molecule has 104 valence electrons. The van der Waals surface area contributed by atoms with Gasteiger partial charge in [0.05, 0.1) is 11.1 Å². The Morgan fingerprint density at radius 2 is 2.28 bits per heavy atom. The maximum Gasteiger partial charge on any atom is 0.407 e. The number of amides is 1. The minimum Gasteiger partial charge on any atom is -0.444 e. The molecule has 0 aromatic carbocycles. The molecule has 0 saturated heterocycles. The molecular formula is C11H20BrN3O3. The van der Waals surface area contributed by atoms with Crippen molar-refractivity contribution in [3.05, 3.63) is 10.7 Å². The molecule has 18 heavy (non-hydrogen) atoms. The van der Waals surface area contributed by atoms with Crippen LogP contribution in [0.4, 0.5) is 4.79 Å². The van der Waals surface area contributed by atoms with Crippen LogP contribution in [-0.4, -0.2) is 43.1 Å². The molecule has 1 aliphatic rings. The Hall–Kier alpha value is -0.790. The van der Waals surface area contributed by atoms with Crippen LogP contribution >= 0.6 is 15.9 Å². The van der Waals surface area contributed by atoms with Gasteiger partial charge in [0.1, 0.15) is 5.60 Å². The molecule has 0 aromatic heterocycles. The number of nitrogens with zero attached hydrogens (tertiary/aromatic N) is 1. The van der Waals surface area contributed by atoms with Gasteiger partial charge in [-0.2, -0.15) is 5.01 Å². The maximum atomic E-state index is 11.4. The third kappa shape index (κ3) is 5.24. The number of alkyl carbamates (subject to hydrolysis) is 1. The van der Waals surface area contributed by atoms with Gasteiger partial charge < -0.3 is 20.2 Å². The summed E-state index contributed by atoms with van der Waals surface area (Å²) in [6.45, 7) is 6.27. The zero-order chi connectivity index (χ0) is 13.8. The van der Waals surface area contributed by atoms with Gasteiger partial charge >= 0.3 is 6.09 Å². The van der Waals surface area contributed by atoms with E-state index in [-0.39, 0.29) is 6.23 Å². The molecule has 1 heterocycles. The number of hydrogen-bond acceptors (Lipinski definition) is 5. The number of halogens is 1. The summed E-state index contributed by atoms with van der Waals surface area (Å²) in [6, 6.07) is 0. The number of nitrogens with one attached hydrogen (secondary N) is 2. The van der Waals surface area contributed by atoms with Crippen molar-refractivity contribution in [2.75, 3.05) is 20.2 Å². The van der Waals surface area contributed by atoms with Gasteiger partial charge in [-0.1, -0.05) is 0 Å². The monoisotopic (exact) mass is 321 g/mol. The molecule has 1 amide bonds. The molecule has 0 bridgehead atoms. The summed E-state index contributed by atoms with van der Waals surface area (Å²) >= 11 is 3.39. The van der Waals surface area contributed by atoms with E-state index in [1.807, 2.05) is 39.0 Å². The molecule has 0 fully saturated rings. The third-order valence-electron chi connectivity index (χ3n) is 2.04. The van der Waals surface area contributed by atoms with Crippen LogP contribution in [0.3, 0.4) is 0 Å². The number of rotatable bonds is 4. The third-order valence-corrected chi connectivity index (χ3v) is 2.66. The predicted octanol–water partition coefficient (Wildman–Crippen LogP) is 1.54. The van der Waals surface area contributed by atoms with Gasteiger partial charge in [0.2, 0.25) is 0 Å². The van der Waals surface area contributed by atoms with E-state index >= 15 is 0 Å². The van der Waals surface area contributed by atoms with Crippen LogP contribution in [0.2, 0.25) is 0 Å². The van der Waals surface area contributed by atoms with E-state index in [1.165, 1.54) is 0 Å². The van der Waals surface area contributed by atoms with E-state index in [0.717, 1.165) is 4.48 Å². The zero-order valence-electron chi connectivity index (χ0n) is 11.1. The molecule has 6 nitrogen and oxygen atoms in total. The first-order chi connectivity index (χ1) is 8.29. The molecule has 1 rings (SSSR count). The molecule has 0 aliphatic carbocycles. The van der Waals surface area contributed by atoms with Gasteiger partial charge in [0, 0.05) is 19.8 Å². The van der Waals surface area contributed by atoms with Gasteiger partial charge in [-0.3, -0.25) is 0 Å².